The molecule has 3 N–H and O–H groups in total. The number of nitrogens with two attached hydrogens (primary N) is 1. The third kappa shape index (κ3) is 7.62. The van der Waals surface area contributed by atoms with Crippen LogP contribution in [0.15, 0.2) is 65.6 Å². The summed E-state index contributed by atoms with van der Waals surface area (Å²) in [6.45, 7) is 4.18. The van der Waals surface area contributed by atoms with Gasteiger partial charge >= 0.3 is 0 Å². The van der Waals surface area contributed by atoms with Crippen molar-refractivity contribution in [2.45, 2.75) is 31.4 Å². The summed E-state index contributed by atoms with van der Waals surface area (Å²) in [6, 6.07) is 17.8. The molecule has 0 atom stereocenters. The van der Waals surface area contributed by atoms with Crippen molar-refractivity contribution >= 4 is 33.2 Å². The Morgan fingerprint density at radius 3 is 2.21 bits per heavy atom. The minimum absolute atomic E-state index is 0.115. The van der Waals surface area contributed by atoms with Gasteiger partial charge < -0.3 is 14.8 Å². The first-order chi connectivity index (χ1) is 15.8. The number of halogens is 2. The van der Waals surface area contributed by atoms with Crippen LogP contribution in [0, 0.1) is 0 Å². The van der Waals surface area contributed by atoms with Crippen molar-refractivity contribution in [3.8, 4) is 11.5 Å². The molecule has 0 saturated carbocycles. The maximum Gasteiger partial charge on any atom is 0.238 e. The number of benzene rings is 3. The van der Waals surface area contributed by atoms with Crippen LogP contribution in [0.4, 0.5) is 0 Å². The van der Waals surface area contributed by atoms with Crippen LogP contribution in [0.5, 0.6) is 11.5 Å². The van der Waals surface area contributed by atoms with Crippen LogP contribution in [0.2, 0.25) is 10.0 Å². The molecule has 3 aromatic carbocycles. The van der Waals surface area contributed by atoms with Gasteiger partial charge in [-0.15, -0.1) is 0 Å². The summed E-state index contributed by atoms with van der Waals surface area (Å²) in [5, 5.41) is 9.51. The first kappa shape index (κ1) is 25.3. The van der Waals surface area contributed by atoms with Gasteiger partial charge in [0.2, 0.25) is 10.0 Å². The van der Waals surface area contributed by atoms with Crippen LogP contribution in [-0.2, 0) is 29.6 Å². The van der Waals surface area contributed by atoms with Gasteiger partial charge in [-0.2, -0.15) is 0 Å². The second kappa shape index (κ2) is 11.7. The van der Waals surface area contributed by atoms with E-state index in [1.54, 1.807) is 24.3 Å². The van der Waals surface area contributed by atoms with Crippen molar-refractivity contribution < 1.29 is 17.9 Å². The summed E-state index contributed by atoms with van der Waals surface area (Å²) in [7, 11) is -3.67. The average molecular weight is 509 g/mol. The molecule has 0 saturated heterocycles. The van der Waals surface area contributed by atoms with Gasteiger partial charge in [-0.25, -0.2) is 13.6 Å². The Balaban J connectivity index is 1.54. The van der Waals surface area contributed by atoms with Gasteiger partial charge in [-0.1, -0.05) is 47.5 Å². The lowest BCUT2D eigenvalue weighted by molar-refractivity contribution is 0.269. The Morgan fingerprint density at radius 2 is 1.55 bits per heavy atom. The third-order valence-corrected chi connectivity index (χ3v) is 6.53. The minimum Gasteiger partial charge on any atom is -0.490 e. The Labute approximate surface area is 204 Å². The molecule has 0 spiro atoms. The molecule has 33 heavy (non-hydrogen) atoms. The molecule has 0 fully saturated rings. The summed E-state index contributed by atoms with van der Waals surface area (Å²) >= 11 is 12.0. The molecule has 0 unspecified atom stereocenters. The van der Waals surface area contributed by atoms with E-state index in [4.69, 9.17) is 37.8 Å². The van der Waals surface area contributed by atoms with Crippen LogP contribution >= 0.6 is 23.2 Å². The Kier molecular flexibility index (Phi) is 9.00. The van der Waals surface area contributed by atoms with Crippen molar-refractivity contribution in [2.75, 3.05) is 13.2 Å². The molecular weight excluding hydrogens is 483 g/mol. The number of ether oxygens (including phenoxy) is 2. The molecule has 0 aromatic heterocycles. The Hall–Kier alpha value is -2.29. The zero-order valence-electron chi connectivity index (χ0n) is 18.2. The quantitative estimate of drug-likeness (QED) is 0.357. The van der Waals surface area contributed by atoms with Gasteiger partial charge in [0.15, 0.2) is 11.5 Å². The normalized spacial score (nSPS) is 11.4. The topological polar surface area (TPSA) is 90.6 Å². The molecule has 9 heteroatoms. The molecule has 6 nitrogen and oxygen atoms in total. The lowest BCUT2D eigenvalue weighted by Crippen LogP contribution is -2.17. The average Bonchev–Trinajstić information content (AvgIpc) is 2.78. The first-order valence-electron chi connectivity index (χ1n) is 10.4. The summed E-state index contributed by atoms with van der Waals surface area (Å²) in [5.74, 6) is 1.33. The van der Waals surface area contributed by atoms with Crippen LogP contribution in [0.25, 0.3) is 0 Å². The number of hydrogen-bond donors (Lipinski definition) is 2. The molecule has 176 valence electrons. The monoisotopic (exact) mass is 508 g/mol. The van der Waals surface area contributed by atoms with E-state index < -0.39 is 10.0 Å². The molecule has 0 aliphatic carbocycles. The van der Waals surface area contributed by atoms with Crippen LogP contribution in [0.1, 0.15) is 23.6 Å². The first-order valence-corrected chi connectivity index (χ1v) is 12.7. The van der Waals surface area contributed by atoms with Crippen LogP contribution in [0.3, 0.4) is 0 Å². The van der Waals surface area contributed by atoms with E-state index in [9.17, 15) is 8.42 Å². The maximum absolute atomic E-state index is 11.3. The second-order valence-electron chi connectivity index (χ2n) is 7.37. The van der Waals surface area contributed by atoms with Crippen LogP contribution in [-0.4, -0.2) is 21.6 Å². The van der Waals surface area contributed by atoms with Gasteiger partial charge in [0, 0.05) is 6.54 Å². The summed E-state index contributed by atoms with van der Waals surface area (Å²) in [6.07, 6.45) is 0.758. The highest BCUT2D eigenvalue weighted by atomic mass is 35.5. The predicted molar refractivity (Wildman–Crippen MR) is 132 cm³/mol. The summed E-state index contributed by atoms with van der Waals surface area (Å²) in [4.78, 5) is 0.115. The lowest BCUT2D eigenvalue weighted by Gasteiger charge is -2.14. The van der Waals surface area contributed by atoms with Gasteiger partial charge in [0.25, 0.3) is 0 Å². The van der Waals surface area contributed by atoms with E-state index in [-0.39, 0.29) is 4.90 Å². The smallest absolute Gasteiger partial charge is 0.238 e. The van der Waals surface area contributed by atoms with E-state index in [0.717, 1.165) is 29.7 Å². The van der Waals surface area contributed by atoms with Gasteiger partial charge in [0.05, 0.1) is 21.5 Å². The largest absolute Gasteiger partial charge is 0.490 e. The second-order valence-corrected chi connectivity index (χ2v) is 9.74. The Morgan fingerprint density at radius 1 is 0.848 bits per heavy atom. The van der Waals surface area contributed by atoms with Crippen molar-refractivity contribution in [2.24, 2.45) is 5.14 Å². The molecule has 0 aliphatic rings. The summed E-state index contributed by atoms with van der Waals surface area (Å²) in [5.41, 5.74) is 3.00. The number of rotatable bonds is 11. The fraction of sp³-hybridized carbons (Fsp3) is 0.250. The van der Waals surface area contributed by atoms with Crippen LogP contribution < -0.4 is 19.9 Å². The molecule has 0 bridgehead atoms. The van der Waals surface area contributed by atoms with E-state index in [1.807, 2.05) is 31.2 Å². The van der Waals surface area contributed by atoms with Gasteiger partial charge in [-0.05, 0) is 73.0 Å². The zero-order chi connectivity index (χ0) is 23.8. The zero-order valence-corrected chi connectivity index (χ0v) is 20.5. The maximum atomic E-state index is 11.3. The van der Waals surface area contributed by atoms with E-state index in [2.05, 4.69) is 5.32 Å². The third-order valence-electron chi connectivity index (χ3n) is 4.86. The molecule has 3 aromatic rings. The van der Waals surface area contributed by atoms with Gasteiger partial charge in [-0.3, -0.25) is 0 Å². The number of nitrogens with one attached hydrogen (secondary N) is 1. The summed E-state index contributed by atoms with van der Waals surface area (Å²) < 4.78 is 34.4. The molecule has 0 amide bonds. The molecule has 0 radical (unpaired) electrons. The van der Waals surface area contributed by atoms with E-state index in [1.165, 1.54) is 12.1 Å². The predicted octanol–water partition coefficient (Wildman–Crippen LogP) is 4.95. The lowest BCUT2D eigenvalue weighted by atomic mass is 10.1. The highest BCUT2D eigenvalue weighted by Gasteiger charge is 2.09. The van der Waals surface area contributed by atoms with Crippen molar-refractivity contribution in [1.82, 2.24) is 5.32 Å². The number of sulfonamides is 1. The number of hydrogen-bond acceptors (Lipinski definition) is 5. The molecule has 0 aliphatic heterocycles. The molecule has 0 heterocycles. The number of primary sulfonamides is 1. The van der Waals surface area contributed by atoms with E-state index in [0.29, 0.717) is 41.3 Å². The van der Waals surface area contributed by atoms with Crippen molar-refractivity contribution in [3.63, 3.8) is 0 Å². The standard InChI is InChI=1S/C24H26Cl2N2O4S/c1-2-31-24-14-18(6-10-23(24)32-16-19-5-9-21(25)22(26)13-19)15-28-12-11-17-3-7-20(8-4-17)33(27,29)30/h3-10,13-14,28H,2,11-12,15-16H2,1H3,(H2,27,29,30). The van der Waals surface area contributed by atoms with Gasteiger partial charge in [0.1, 0.15) is 6.61 Å². The van der Waals surface area contributed by atoms with Crippen molar-refractivity contribution in [1.29, 1.82) is 0 Å². The van der Waals surface area contributed by atoms with Crippen molar-refractivity contribution in [3.05, 3.63) is 87.4 Å². The molecular formula is C24H26Cl2N2O4S. The Bertz CT molecular complexity index is 1190. The minimum atomic E-state index is -3.67. The fourth-order valence-corrected chi connectivity index (χ4v) is 3.99. The highest BCUT2D eigenvalue weighted by molar-refractivity contribution is 7.89. The SMILES string of the molecule is CCOc1cc(CNCCc2ccc(S(N)(=O)=O)cc2)ccc1OCc1ccc(Cl)c(Cl)c1. The highest BCUT2D eigenvalue weighted by Crippen LogP contribution is 2.30. The van der Waals surface area contributed by atoms with E-state index >= 15 is 0 Å². The fourth-order valence-electron chi connectivity index (χ4n) is 3.15. The molecule has 3 rings (SSSR count).